The highest BCUT2D eigenvalue weighted by molar-refractivity contribution is 6.33. The molecule has 2 N–H and O–H groups in total. The molecule has 1 fully saturated rings. The second kappa shape index (κ2) is 5.28. The van der Waals surface area contributed by atoms with E-state index in [4.69, 9.17) is 16.9 Å². The van der Waals surface area contributed by atoms with E-state index in [0.29, 0.717) is 22.3 Å². The van der Waals surface area contributed by atoms with E-state index in [1.54, 1.807) is 25.1 Å². The number of carbonyl (C=O) groups is 1. The number of rotatable bonds is 4. The second-order valence-corrected chi connectivity index (χ2v) is 4.86. The molecule has 0 aromatic heterocycles. The fraction of sp³-hybridized carbons (Fsp3) is 0.385. The molecular formula is C13H14ClN3O. The van der Waals surface area contributed by atoms with Crippen LogP contribution in [-0.2, 0) is 4.79 Å². The Morgan fingerprint density at radius 2 is 2.28 bits per heavy atom. The molecule has 0 saturated heterocycles. The molecule has 4 nitrogen and oxygen atoms in total. The van der Waals surface area contributed by atoms with E-state index in [0.717, 1.165) is 12.8 Å². The first-order valence-electron chi connectivity index (χ1n) is 5.86. The van der Waals surface area contributed by atoms with E-state index in [1.807, 2.05) is 6.07 Å². The SMILES string of the molecule is CC(Nc1cc(C#N)ccc1Cl)C(=O)NC1CC1. The fourth-order valence-electron chi connectivity index (χ4n) is 1.56. The van der Waals surface area contributed by atoms with Crippen molar-refractivity contribution in [2.45, 2.75) is 31.8 Å². The van der Waals surface area contributed by atoms with Crippen LogP contribution in [0, 0.1) is 11.3 Å². The molecule has 1 aromatic carbocycles. The summed E-state index contributed by atoms with van der Waals surface area (Å²) in [6.07, 6.45) is 2.12. The summed E-state index contributed by atoms with van der Waals surface area (Å²) in [5.74, 6) is -0.0454. The Bertz CT molecular complexity index is 505. The van der Waals surface area contributed by atoms with Crippen molar-refractivity contribution in [3.63, 3.8) is 0 Å². The van der Waals surface area contributed by atoms with Gasteiger partial charge in [-0.1, -0.05) is 11.6 Å². The fourth-order valence-corrected chi connectivity index (χ4v) is 1.73. The Hall–Kier alpha value is -1.73. The van der Waals surface area contributed by atoms with Crippen molar-refractivity contribution in [3.8, 4) is 6.07 Å². The van der Waals surface area contributed by atoms with E-state index in [2.05, 4.69) is 10.6 Å². The second-order valence-electron chi connectivity index (χ2n) is 4.46. The number of halogens is 1. The lowest BCUT2D eigenvalue weighted by Gasteiger charge is -2.16. The third-order valence-corrected chi connectivity index (χ3v) is 3.11. The molecule has 1 aromatic rings. The molecule has 0 heterocycles. The number of hydrogen-bond acceptors (Lipinski definition) is 3. The van der Waals surface area contributed by atoms with Crippen LogP contribution in [0.25, 0.3) is 0 Å². The zero-order valence-corrected chi connectivity index (χ0v) is 10.8. The van der Waals surface area contributed by atoms with E-state index < -0.39 is 0 Å². The lowest BCUT2D eigenvalue weighted by Crippen LogP contribution is -2.38. The first kappa shape index (κ1) is 12.7. The van der Waals surface area contributed by atoms with Crippen LogP contribution in [0.4, 0.5) is 5.69 Å². The maximum Gasteiger partial charge on any atom is 0.242 e. The summed E-state index contributed by atoms with van der Waals surface area (Å²) in [5.41, 5.74) is 1.12. The topological polar surface area (TPSA) is 64.9 Å². The molecule has 0 spiro atoms. The third-order valence-electron chi connectivity index (χ3n) is 2.78. The molecule has 1 atom stereocenters. The van der Waals surface area contributed by atoms with Crippen LogP contribution in [-0.4, -0.2) is 18.0 Å². The van der Waals surface area contributed by atoms with E-state index >= 15 is 0 Å². The third kappa shape index (κ3) is 3.14. The summed E-state index contributed by atoms with van der Waals surface area (Å²) in [7, 11) is 0. The van der Waals surface area contributed by atoms with E-state index in [1.165, 1.54) is 0 Å². The van der Waals surface area contributed by atoms with Gasteiger partial charge in [0.2, 0.25) is 5.91 Å². The van der Waals surface area contributed by atoms with Crippen molar-refractivity contribution in [3.05, 3.63) is 28.8 Å². The monoisotopic (exact) mass is 263 g/mol. The Morgan fingerprint density at radius 1 is 1.56 bits per heavy atom. The summed E-state index contributed by atoms with van der Waals surface area (Å²) in [6.45, 7) is 1.77. The van der Waals surface area contributed by atoms with E-state index in [-0.39, 0.29) is 11.9 Å². The molecule has 2 rings (SSSR count). The zero-order valence-electron chi connectivity index (χ0n) is 10.0. The first-order chi connectivity index (χ1) is 8.60. The maximum absolute atomic E-state index is 11.8. The van der Waals surface area contributed by atoms with Crippen LogP contribution >= 0.6 is 11.6 Å². The summed E-state index contributed by atoms with van der Waals surface area (Å²) >= 11 is 6.02. The minimum absolute atomic E-state index is 0.0454. The maximum atomic E-state index is 11.8. The van der Waals surface area contributed by atoms with Crippen LogP contribution in [0.15, 0.2) is 18.2 Å². The van der Waals surface area contributed by atoms with Crippen molar-refractivity contribution < 1.29 is 4.79 Å². The van der Waals surface area contributed by atoms with Gasteiger partial charge in [0.25, 0.3) is 0 Å². The molecular weight excluding hydrogens is 250 g/mol. The van der Waals surface area contributed by atoms with Gasteiger partial charge in [0, 0.05) is 6.04 Å². The van der Waals surface area contributed by atoms with Crippen LogP contribution in [0.3, 0.4) is 0 Å². The molecule has 0 aliphatic heterocycles. The number of nitrogens with one attached hydrogen (secondary N) is 2. The molecule has 1 aliphatic rings. The summed E-state index contributed by atoms with van der Waals surface area (Å²) in [6, 6.07) is 6.93. The Labute approximate surface area is 111 Å². The number of benzene rings is 1. The van der Waals surface area contributed by atoms with Gasteiger partial charge in [0.1, 0.15) is 6.04 Å². The zero-order chi connectivity index (χ0) is 13.1. The Morgan fingerprint density at radius 3 is 2.89 bits per heavy atom. The van der Waals surface area contributed by atoms with Crippen molar-refractivity contribution >= 4 is 23.2 Å². The van der Waals surface area contributed by atoms with Gasteiger partial charge >= 0.3 is 0 Å². The molecule has 1 aliphatic carbocycles. The highest BCUT2D eigenvalue weighted by Crippen LogP contribution is 2.24. The van der Waals surface area contributed by atoms with Crippen LogP contribution in [0.2, 0.25) is 5.02 Å². The molecule has 0 radical (unpaired) electrons. The van der Waals surface area contributed by atoms with Gasteiger partial charge in [-0.3, -0.25) is 4.79 Å². The molecule has 1 unspecified atom stereocenters. The standard InChI is InChI=1S/C13H14ClN3O/c1-8(13(18)17-10-3-4-10)16-12-6-9(7-15)2-5-11(12)14/h2,5-6,8,10,16H,3-4H2,1H3,(H,17,18). The summed E-state index contributed by atoms with van der Waals surface area (Å²) < 4.78 is 0. The normalized spacial score (nSPS) is 15.6. The van der Waals surface area contributed by atoms with Gasteiger partial charge in [-0.2, -0.15) is 5.26 Å². The summed E-state index contributed by atoms with van der Waals surface area (Å²) in [4.78, 5) is 11.8. The minimum atomic E-state index is -0.378. The predicted octanol–water partition coefficient (Wildman–Crippen LogP) is 2.29. The number of hydrogen-bond donors (Lipinski definition) is 2. The van der Waals surface area contributed by atoms with E-state index in [9.17, 15) is 4.79 Å². The molecule has 1 saturated carbocycles. The molecule has 5 heteroatoms. The van der Waals surface area contributed by atoms with Crippen LogP contribution in [0.1, 0.15) is 25.3 Å². The average molecular weight is 264 g/mol. The highest BCUT2D eigenvalue weighted by Gasteiger charge is 2.25. The van der Waals surface area contributed by atoms with Crippen molar-refractivity contribution in [2.24, 2.45) is 0 Å². The lowest BCUT2D eigenvalue weighted by molar-refractivity contribution is -0.121. The predicted molar refractivity (Wildman–Crippen MR) is 70.4 cm³/mol. The number of amides is 1. The van der Waals surface area contributed by atoms with Crippen molar-refractivity contribution in [1.29, 1.82) is 5.26 Å². The molecule has 0 bridgehead atoms. The van der Waals surface area contributed by atoms with Gasteiger partial charge in [-0.25, -0.2) is 0 Å². The van der Waals surface area contributed by atoms with Gasteiger partial charge in [-0.05, 0) is 38.0 Å². The summed E-state index contributed by atoms with van der Waals surface area (Å²) in [5, 5.41) is 15.3. The number of nitrogens with zero attached hydrogens (tertiary/aromatic N) is 1. The molecule has 18 heavy (non-hydrogen) atoms. The smallest absolute Gasteiger partial charge is 0.242 e. The molecule has 94 valence electrons. The van der Waals surface area contributed by atoms with Gasteiger partial charge in [-0.15, -0.1) is 0 Å². The molecule has 1 amide bonds. The quantitative estimate of drug-likeness (QED) is 0.876. The van der Waals surface area contributed by atoms with Gasteiger partial charge in [0.05, 0.1) is 22.3 Å². The first-order valence-corrected chi connectivity index (χ1v) is 6.24. The lowest BCUT2D eigenvalue weighted by atomic mass is 10.2. The minimum Gasteiger partial charge on any atom is -0.373 e. The van der Waals surface area contributed by atoms with Crippen LogP contribution < -0.4 is 10.6 Å². The average Bonchev–Trinajstić information content (AvgIpc) is 3.15. The largest absolute Gasteiger partial charge is 0.373 e. The van der Waals surface area contributed by atoms with Gasteiger partial charge in [0.15, 0.2) is 0 Å². The van der Waals surface area contributed by atoms with Crippen molar-refractivity contribution in [1.82, 2.24) is 5.32 Å². The number of carbonyl (C=O) groups excluding carboxylic acids is 1. The van der Waals surface area contributed by atoms with Gasteiger partial charge < -0.3 is 10.6 Å². The Balaban J connectivity index is 2.03. The Kier molecular flexibility index (Phi) is 3.73. The number of nitriles is 1. The van der Waals surface area contributed by atoms with Crippen molar-refractivity contribution in [2.75, 3.05) is 5.32 Å². The van der Waals surface area contributed by atoms with Crippen LogP contribution in [0.5, 0.6) is 0 Å². The highest BCUT2D eigenvalue weighted by atomic mass is 35.5. The number of anilines is 1.